The summed E-state index contributed by atoms with van der Waals surface area (Å²) in [6, 6.07) is 1.57. The van der Waals surface area contributed by atoms with E-state index in [9.17, 15) is 4.79 Å². The summed E-state index contributed by atoms with van der Waals surface area (Å²) in [5.74, 6) is 0.811. The Bertz CT molecular complexity index is 655. The van der Waals surface area contributed by atoms with Gasteiger partial charge in [-0.2, -0.15) is 0 Å². The minimum Gasteiger partial charge on any atom is -0.269 e. The topological polar surface area (TPSA) is 34.4 Å². The molecule has 2 aromatic rings. The van der Waals surface area contributed by atoms with Crippen molar-refractivity contribution < 1.29 is 0 Å². The molecular weight excluding hydrogens is 280 g/mol. The highest BCUT2D eigenvalue weighted by Gasteiger charge is 2.23. The lowest BCUT2D eigenvalue weighted by molar-refractivity contribution is 0.433. The Morgan fingerprint density at radius 2 is 2.16 bits per heavy atom. The van der Waals surface area contributed by atoms with Gasteiger partial charge in [-0.3, -0.25) is 9.20 Å². The van der Waals surface area contributed by atoms with E-state index in [-0.39, 0.29) is 5.56 Å². The van der Waals surface area contributed by atoms with E-state index in [4.69, 9.17) is 11.6 Å². The zero-order valence-electron chi connectivity index (χ0n) is 11.0. The number of halogens is 1. The third-order valence-electron chi connectivity index (χ3n) is 3.92. The number of rotatable bonds is 2. The summed E-state index contributed by atoms with van der Waals surface area (Å²) in [6.45, 7) is 2.10. The first kappa shape index (κ1) is 13.1. The van der Waals surface area contributed by atoms with Crippen LogP contribution in [0.5, 0.6) is 0 Å². The molecule has 0 atom stereocenters. The van der Waals surface area contributed by atoms with Crippen molar-refractivity contribution in [3.63, 3.8) is 0 Å². The highest BCUT2D eigenvalue weighted by Crippen LogP contribution is 2.36. The van der Waals surface area contributed by atoms with Crippen molar-refractivity contribution in [2.45, 2.75) is 50.8 Å². The average molecular weight is 297 g/mol. The lowest BCUT2D eigenvalue weighted by atomic mass is 9.86. The fourth-order valence-corrected chi connectivity index (χ4v) is 4.27. The predicted molar refractivity (Wildman–Crippen MR) is 79.5 cm³/mol. The van der Waals surface area contributed by atoms with Gasteiger partial charge < -0.3 is 0 Å². The number of thiazole rings is 1. The molecule has 1 saturated carbocycles. The van der Waals surface area contributed by atoms with Crippen LogP contribution >= 0.6 is 22.9 Å². The Labute approximate surface area is 121 Å². The summed E-state index contributed by atoms with van der Waals surface area (Å²) in [6.07, 6.45) is 6.24. The molecule has 1 aliphatic carbocycles. The lowest BCUT2D eigenvalue weighted by Gasteiger charge is -2.22. The van der Waals surface area contributed by atoms with Crippen LogP contribution in [-0.2, 0) is 5.88 Å². The van der Waals surface area contributed by atoms with Gasteiger partial charge in [0.25, 0.3) is 5.56 Å². The van der Waals surface area contributed by atoms with Gasteiger partial charge in [-0.1, -0.05) is 19.3 Å². The van der Waals surface area contributed by atoms with Crippen LogP contribution in [0, 0.1) is 6.92 Å². The van der Waals surface area contributed by atoms with Crippen molar-refractivity contribution in [2.75, 3.05) is 0 Å². The van der Waals surface area contributed by atoms with Gasteiger partial charge in [-0.05, 0) is 19.8 Å². The van der Waals surface area contributed by atoms with Crippen molar-refractivity contribution in [3.05, 3.63) is 32.7 Å². The second kappa shape index (κ2) is 5.25. The second-order valence-corrected chi connectivity index (χ2v) is 6.66. The first-order valence-electron chi connectivity index (χ1n) is 6.78. The summed E-state index contributed by atoms with van der Waals surface area (Å²) in [5.41, 5.74) is 1.88. The molecule has 0 saturated heterocycles. The van der Waals surface area contributed by atoms with Gasteiger partial charge in [0.1, 0.15) is 0 Å². The van der Waals surface area contributed by atoms with Gasteiger partial charge in [0, 0.05) is 22.6 Å². The molecule has 102 valence electrons. The Kier molecular flexibility index (Phi) is 3.63. The molecule has 2 heterocycles. The monoisotopic (exact) mass is 296 g/mol. The summed E-state index contributed by atoms with van der Waals surface area (Å²) in [4.78, 5) is 18.8. The van der Waals surface area contributed by atoms with Crippen molar-refractivity contribution in [2.24, 2.45) is 0 Å². The van der Waals surface area contributed by atoms with Gasteiger partial charge >= 0.3 is 0 Å². The SMILES string of the molecule is Cc1sc2nc(CCl)cc(=O)n2c1C1CCCCC1. The molecule has 0 spiro atoms. The lowest BCUT2D eigenvalue weighted by Crippen LogP contribution is -2.19. The number of hydrogen-bond donors (Lipinski definition) is 0. The van der Waals surface area contributed by atoms with Gasteiger partial charge in [-0.25, -0.2) is 4.98 Å². The zero-order chi connectivity index (χ0) is 13.4. The number of aryl methyl sites for hydroxylation is 1. The van der Waals surface area contributed by atoms with Crippen LogP contribution in [0.1, 0.15) is 54.3 Å². The van der Waals surface area contributed by atoms with Gasteiger partial charge in [0.2, 0.25) is 0 Å². The van der Waals surface area contributed by atoms with E-state index in [2.05, 4.69) is 11.9 Å². The van der Waals surface area contributed by atoms with E-state index in [0.717, 1.165) is 4.96 Å². The number of nitrogens with zero attached hydrogens (tertiary/aromatic N) is 2. The van der Waals surface area contributed by atoms with Crippen LogP contribution in [0.15, 0.2) is 10.9 Å². The van der Waals surface area contributed by atoms with E-state index in [1.165, 1.54) is 42.7 Å². The largest absolute Gasteiger partial charge is 0.269 e. The van der Waals surface area contributed by atoms with Crippen molar-refractivity contribution in [1.82, 2.24) is 9.38 Å². The minimum atomic E-state index is 0.0190. The third kappa shape index (κ3) is 2.32. The van der Waals surface area contributed by atoms with Crippen LogP contribution in [0.25, 0.3) is 4.96 Å². The maximum absolute atomic E-state index is 12.3. The number of hydrogen-bond acceptors (Lipinski definition) is 3. The Morgan fingerprint density at radius 1 is 1.42 bits per heavy atom. The Hall–Kier alpha value is -0.870. The summed E-state index contributed by atoms with van der Waals surface area (Å²) >= 11 is 7.40. The van der Waals surface area contributed by atoms with Crippen LogP contribution < -0.4 is 5.56 Å². The fraction of sp³-hybridized carbons (Fsp3) is 0.571. The summed E-state index contributed by atoms with van der Waals surface area (Å²) in [5, 5.41) is 0. The first-order valence-corrected chi connectivity index (χ1v) is 8.13. The normalized spacial score (nSPS) is 17.2. The van der Waals surface area contributed by atoms with Crippen LogP contribution in [-0.4, -0.2) is 9.38 Å². The van der Waals surface area contributed by atoms with E-state index in [1.807, 2.05) is 4.40 Å². The molecule has 1 fully saturated rings. The number of fused-ring (bicyclic) bond motifs is 1. The maximum Gasteiger partial charge on any atom is 0.259 e. The van der Waals surface area contributed by atoms with Crippen LogP contribution in [0.2, 0.25) is 0 Å². The highest BCUT2D eigenvalue weighted by molar-refractivity contribution is 7.17. The smallest absolute Gasteiger partial charge is 0.259 e. The molecule has 1 aliphatic rings. The van der Waals surface area contributed by atoms with E-state index in [0.29, 0.717) is 17.5 Å². The summed E-state index contributed by atoms with van der Waals surface area (Å²) < 4.78 is 1.81. The molecule has 3 nitrogen and oxygen atoms in total. The van der Waals surface area contributed by atoms with E-state index in [1.54, 1.807) is 17.4 Å². The van der Waals surface area contributed by atoms with E-state index < -0.39 is 0 Å². The predicted octanol–water partition coefficient (Wildman–Crippen LogP) is 3.85. The first-order chi connectivity index (χ1) is 9.20. The maximum atomic E-state index is 12.3. The molecule has 0 bridgehead atoms. The molecule has 0 amide bonds. The molecule has 5 heteroatoms. The Morgan fingerprint density at radius 3 is 2.84 bits per heavy atom. The van der Waals surface area contributed by atoms with Gasteiger partial charge in [0.05, 0.1) is 11.6 Å². The molecule has 3 rings (SSSR count). The second-order valence-electron chi connectivity index (χ2n) is 5.22. The third-order valence-corrected chi connectivity index (χ3v) is 5.16. The highest BCUT2D eigenvalue weighted by atomic mass is 35.5. The zero-order valence-corrected chi connectivity index (χ0v) is 12.6. The van der Waals surface area contributed by atoms with Crippen LogP contribution in [0.4, 0.5) is 0 Å². The van der Waals surface area contributed by atoms with Crippen molar-refractivity contribution in [3.8, 4) is 0 Å². The number of aromatic nitrogens is 2. The molecule has 0 N–H and O–H groups in total. The summed E-state index contributed by atoms with van der Waals surface area (Å²) in [7, 11) is 0. The van der Waals surface area contributed by atoms with E-state index >= 15 is 0 Å². The molecule has 0 radical (unpaired) electrons. The minimum absolute atomic E-state index is 0.0190. The van der Waals surface area contributed by atoms with Gasteiger partial charge in [-0.15, -0.1) is 22.9 Å². The molecule has 19 heavy (non-hydrogen) atoms. The molecule has 0 aromatic carbocycles. The number of alkyl halides is 1. The van der Waals surface area contributed by atoms with Crippen molar-refractivity contribution >= 4 is 27.9 Å². The van der Waals surface area contributed by atoms with Gasteiger partial charge in [0.15, 0.2) is 4.96 Å². The molecule has 0 aliphatic heterocycles. The molecular formula is C14H17ClN2OS. The molecule has 2 aromatic heterocycles. The van der Waals surface area contributed by atoms with Crippen LogP contribution in [0.3, 0.4) is 0 Å². The molecule has 0 unspecified atom stereocenters. The Balaban J connectivity index is 2.18. The van der Waals surface area contributed by atoms with Crippen molar-refractivity contribution in [1.29, 1.82) is 0 Å². The fourth-order valence-electron chi connectivity index (χ4n) is 3.06. The average Bonchev–Trinajstić information content (AvgIpc) is 2.76. The standard InChI is InChI=1S/C14H17ClN2OS/c1-9-13(10-5-3-2-4-6-10)17-12(18)7-11(8-15)16-14(17)19-9/h7,10H,2-6,8H2,1H3. The quantitative estimate of drug-likeness (QED) is 0.789.